The lowest BCUT2D eigenvalue weighted by Gasteiger charge is -2.48. The molecular weight excluding hydrogens is 435 g/mol. The number of rotatable bonds is 6. The minimum absolute atomic E-state index is 0.0730. The van der Waals surface area contributed by atoms with E-state index in [0.717, 1.165) is 28.9 Å². The highest BCUT2D eigenvalue weighted by Gasteiger charge is 2.34. The Morgan fingerprint density at radius 3 is 2.74 bits per heavy atom. The van der Waals surface area contributed by atoms with Gasteiger partial charge in [0.05, 0.1) is 30.1 Å². The molecule has 9 heteroatoms. The van der Waals surface area contributed by atoms with Crippen LogP contribution >= 0.6 is 0 Å². The maximum Gasteiger partial charge on any atom is 0.252 e. The van der Waals surface area contributed by atoms with Crippen molar-refractivity contribution in [1.82, 2.24) is 19.2 Å². The number of benzene rings is 1. The summed E-state index contributed by atoms with van der Waals surface area (Å²) in [5, 5.41) is 13.7. The van der Waals surface area contributed by atoms with E-state index in [2.05, 4.69) is 41.7 Å². The number of fused-ring (bicyclic) bond motifs is 1. The van der Waals surface area contributed by atoms with Crippen molar-refractivity contribution in [2.75, 3.05) is 25.1 Å². The molecule has 1 aliphatic rings. The smallest absolute Gasteiger partial charge is 0.252 e. The summed E-state index contributed by atoms with van der Waals surface area (Å²) in [6, 6.07) is 9.01. The molecule has 0 unspecified atom stereocenters. The second-order valence-corrected chi connectivity index (χ2v) is 9.14. The minimum atomic E-state index is -0.264. The number of pyridine rings is 1. The van der Waals surface area contributed by atoms with Gasteiger partial charge >= 0.3 is 0 Å². The first-order valence-electron chi connectivity index (χ1n) is 11.5. The van der Waals surface area contributed by atoms with Crippen molar-refractivity contribution < 1.29 is 9.13 Å². The number of aryl methyl sites for hydroxylation is 1. The number of hydrogen-bond acceptors (Lipinski definition) is 6. The van der Waals surface area contributed by atoms with Crippen LogP contribution < -0.4 is 10.5 Å². The standard InChI is InChI=1S/C25H31FN6O2/c1-16-13-32(22-11-24(33)29(4)23-14-30(9-8-27)28-25(22)23)17(2)12-31(16)18(3)21-7-6-20(26)10-19(21)15-34-5/h6-7,10-11,14,16-18H,9,12-13,15H2,1-5H3/t16-,17+,18+/m1/s1. The molecule has 3 atom stereocenters. The van der Waals surface area contributed by atoms with E-state index in [-0.39, 0.29) is 36.0 Å². The summed E-state index contributed by atoms with van der Waals surface area (Å²) >= 11 is 0. The normalized spacial score (nSPS) is 20.0. The molecule has 34 heavy (non-hydrogen) atoms. The SMILES string of the molecule is COCc1cc(F)ccc1[C@H](C)N1C[C@H](C)N(c2cc(=O)n(C)c3cn(CC#N)nc23)C[C@H]1C. The van der Waals surface area contributed by atoms with Gasteiger partial charge in [-0.1, -0.05) is 6.07 Å². The van der Waals surface area contributed by atoms with Crippen molar-refractivity contribution in [3.63, 3.8) is 0 Å². The maximum atomic E-state index is 13.9. The first-order valence-corrected chi connectivity index (χ1v) is 11.5. The van der Waals surface area contributed by atoms with Crippen molar-refractivity contribution in [3.05, 3.63) is 57.8 Å². The van der Waals surface area contributed by atoms with Gasteiger partial charge in [0, 0.05) is 51.4 Å². The molecule has 0 spiro atoms. The van der Waals surface area contributed by atoms with E-state index in [1.54, 1.807) is 41.7 Å². The van der Waals surface area contributed by atoms with E-state index >= 15 is 0 Å². The highest BCUT2D eigenvalue weighted by Crippen LogP contribution is 2.33. The summed E-state index contributed by atoms with van der Waals surface area (Å²) in [4.78, 5) is 17.4. The third kappa shape index (κ3) is 4.31. The van der Waals surface area contributed by atoms with Crippen LogP contribution in [0.15, 0.2) is 35.3 Å². The van der Waals surface area contributed by atoms with Crippen LogP contribution in [0.3, 0.4) is 0 Å². The second-order valence-electron chi connectivity index (χ2n) is 9.14. The van der Waals surface area contributed by atoms with Gasteiger partial charge in [-0.3, -0.25) is 14.4 Å². The fourth-order valence-corrected chi connectivity index (χ4v) is 5.08. The predicted molar refractivity (Wildman–Crippen MR) is 129 cm³/mol. The lowest BCUT2D eigenvalue weighted by atomic mass is 9.96. The number of nitrogens with zero attached hydrogens (tertiary/aromatic N) is 6. The number of methoxy groups -OCH3 is 1. The number of hydrogen-bond donors (Lipinski definition) is 0. The topological polar surface area (TPSA) is 79.3 Å². The Labute approximate surface area is 198 Å². The van der Waals surface area contributed by atoms with Crippen LogP contribution in [0.1, 0.15) is 37.9 Å². The van der Waals surface area contributed by atoms with E-state index < -0.39 is 0 Å². The zero-order chi connectivity index (χ0) is 24.6. The van der Waals surface area contributed by atoms with E-state index in [4.69, 9.17) is 10.00 Å². The number of nitriles is 1. The number of ether oxygens (including phenoxy) is 1. The van der Waals surface area contributed by atoms with Crippen LogP contribution in [0.25, 0.3) is 11.0 Å². The lowest BCUT2D eigenvalue weighted by Crippen LogP contribution is -2.57. The Morgan fingerprint density at radius 1 is 1.26 bits per heavy atom. The summed E-state index contributed by atoms with van der Waals surface area (Å²) in [6.45, 7) is 8.41. The van der Waals surface area contributed by atoms with E-state index in [0.29, 0.717) is 18.7 Å². The molecule has 1 saturated heterocycles. The van der Waals surface area contributed by atoms with Crippen LogP contribution in [0.4, 0.5) is 10.1 Å². The van der Waals surface area contributed by atoms with Gasteiger partial charge < -0.3 is 14.2 Å². The quantitative estimate of drug-likeness (QED) is 0.555. The molecule has 0 N–H and O–H groups in total. The third-order valence-corrected chi connectivity index (χ3v) is 6.87. The van der Waals surface area contributed by atoms with Gasteiger partial charge in [0.25, 0.3) is 5.56 Å². The van der Waals surface area contributed by atoms with Crippen LogP contribution in [0.2, 0.25) is 0 Å². The van der Waals surface area contributed by atoms with E-state index in [1.165, 1.54) is 6.07 Å². The van der Waals surface area contributed by atoms with Gasteiger partial charge in [0.1, 0.15) is 17.9 Å². The third-order valence-electron chi connectivity index (χ3n) is 6.87. The molecule has 180 valence electrons. The first kappa shape index (κ1) is 23.9. The lowest BCUT2D eigenvalue weighted by molar-refractivity contribution is 0.116. The second kappa shape index (κ2) is 9.57. The average Bonchev–Trinajstić information content (AvgIpc) is 3.22. The van der Waals surface area contributed by atoms with Gasteiger partial charge in [-0.15, -0.1) is 0 Å². The number of halogens is 1. The molecule has 1 aromatic carbocycles. The molecule has 0 aliphatic carbocycles. The zero-order valence-electron chi connectivity index (χ0n) is 20.3. The predicted octanol–water partition coefficient (Wildman–Crippen LogP) is 3.20. The highest BCUT2D eigenvalue weighted by atomic mass is 19.1. The molecule has 3 aromatic rings. The molecule has 4 rings (SSSR count). The molecule has 0 amide bonds. The van der Waals surface area contributed by atoms with Crippen molar-refractivity contribution in [1.29, 1.82) is 5.26 Å². The van der Waals surface area contributed by atoms with Crippen LogP contribution in [-0.4, -0.2) is 51.5 Å². The summed E-state index contributed by atoms with van der Waals surface area (Å²) in [7, 11) is 3.34. The van der Waals surface area contributed by atoms with Gasteiger partial charge in [-0.05, 0) is 44.0 Å². The maximum absolute atomic E-state index is 13.9. The molecule has 8 nitrogen and oxygen atoms in total. The molecule has 0 bridgehead atoms. The van der Waals surface area contributed by atoms with E-state index in [9.17, 15) is 9.18 Å². The largest absolute Gasteiger partial charge is 0.380 e. The van der Waals surface area contributed by atoms with Crippen molar-refractivity contribution in [2.45, 2.75) is 52.0 Å². The zero-order valence-corrected chi connectivity index (χ0v) is 20.3. The van der Waals surface area contributed by atoms with Crippen molar-refractivity contribution in [2.24, 2.45) is 7.05 Å². The molecule has 1 aliphatic heterocycles. The van der Waals surface area contributed by atoms with Crippen LogP contribution in [0.5, 0.6) is 0 Å². The summed E-state index contributed by atoms with van der Waals surface area (Å²) in [6.07, 6.45) is 1.75. The fraction of sp³-hybridized carbons (Fsp3) is 0.480. The summed E-state index contributed by atoms with van der Waals surface area (Å²) in [5.74, 6) is -0.264. The Balaban J connectivity index is 1.66. The minimum Gasteiger partial charge on any atom is -0.380 e. The van der Waals surface area contributed by atoms with Crippen LogP contribution in [0, 0.1) is 17.1 Å². The molecule has 3 heterocycles. The molecule has 1 fully saturated rings. The molecule has 0 saturated carbocycles. The average molecular weight is 467 g/mol. The fourth-order valence-electron chi connectivity index (χ4n) is 5.08. The van der Waals surface area contributed by atoms with Crippen LogP contribution in [-0.2, 0) is 24.9 Å². The number of aromatic nitrogens is 3. The Bertz CT molecular complexity index is 1290. The van der Waals surface area contributed by atoms with Crippen molar-refractivity contribution in [3.8, 4) is 6.07 Å². The number of anilines is 1. The van der Waals surface area contributed by atoms with Gasteiger partial charge in [0.2, 0.25) is 0 Å². The van der Waals surface area contributed by atoms with E-state index in [1.807, 2.05) is 6.07 Å². The summed E-state index contributed by atoms with van der Waals surface area (Å²) < 4.78 is 22.3. The summed E-state index contributed by atoms with van der Waals surface area (Å²) in [5.41, 5.74) is 4.03. The van der Waals surface area contributed by atoms with Crippen molar-refractivity contribution >= 4 is 16.7 Å². The molecule has 0 radical (unpaired) electrons. The molecular formula is C25H31FN6O2. The Hall–Kier alpha value is -3.22. The Morgan fingerprint density at radius 2 is 2.03 bits per heavy atom. The van der Waals surface area contributed by atoms with Gasteiger partial charge in [-0.2, -0.15) is 10.4 Å². The Kier molecular flexibility index (Phi) is 6.73. The van der Waals surface area contributed by atoms with Gasteiger partial charge in [-0.25, -0.2) is 4.39 Å². The number of piperazine rings is 1. The van der Waals surface area contributed by atoms with Gasteiger partial charge in [0.15, 0.2) is 0 Å². The monoisotopic (exact) mass is 466 g/mol. The first-order chi connectivity index (χ1) is 16.2. The highest BCUT2D eigenvalue weighted by molar-refractivity contribution is 5.88. The molecule has 2 aromatic heterocycles.